The molecular formula is C46H52N8O5. The number of anilines is 2. The zero-order valence-electron chi connectivity index (χ0n) is 34.1. The van der Waals surface area contributed by atoms with E-state index < -0.39 is 12.1 Å². The van der Waals surface area contributed by atoms with Crippen molar-refractivity contribution in [3.05, 3.63) is 120 Å². The molecule has 306 valence electrons. The molecule has 13 heteroatoms. The van der Waals surface area contributed by atoms with Crippen LogP contribution in [0, 0.1) is 0 Å². The first-order chi connectivity index (χ1) is 28.5. The molecular weight excluding hydrogens is 745 g/mol. The van der Waals surface area contributed by atoms with Gasteiger partial charge in [0.2, 0.25) is 35.4 Å². The molecule has 2 aliphatic rings. The monoisotopic (exact) mass is 796 g/mol. The Balaban J connectivity index is 0.907. The molecule has 13 nitrogen and oxygen atoms in total. The summed E-state index contributed by atoms with van der Waals surface area (Å²) in [7, 11) is 7.60. The lowest BCUT2D eigenvalue weighted by Crippen LogP contribution is -2.44. The Morgan fingerprint density at radius 2 is 0.966 bits per heavy atom. The number of aromatic nitrogens is 2. The molecule has 59 heavy (non-hydrogen) atoms. The fourth-order valence-electron chi connectivity index (χ4n) is 8.28. The molecule has 4 atom stereocenters. The predicted molar refractivity (Wildman–Crippen MR) is 227 cm³/mol. The van der Waals surface area contributed by atoms with Gasteiger partial charge in [0.15, 0.2) is 0 Å². The van der Waals surface area contributed by atoms with Gasteiger partial charge in [-0.3, -0.25) is 29.0 Å². The molecule has 0 bridgehead atoms. The van der Waals surface area contributed by atoms with Gasteiger partial charge in [0.05, 0.1) is 0 Å². The van der Waals surface area contributed by atoms with Crippen LogP contribution in [0.1, 0.15) is 61.7 Å². The molecule has 1 aromatic heterocycles. The normalized spacial score (nSPS) is 17.6. The Morgan fingerprint density at radius 3 is 1.32 bits per heavy atom. The van der Waals surface area contributed by atoms with Gasteiger partial charge in [-0.2, -0.15) is 0 Å². The van der Waals surface area contributed by atoms with Crippen LogP contribution in [-0.2, 0) is 19.2 Å². The number of nitrogens with one attached hydrogen (secondary N) is 2. The molecule has 2 fully saturated rings. The number of nitrogens with zero attached hydrogens (tertiary/aromatic N) is 6. The SMILES string of the molecule is CN(C)[C@H](C(=O)N1CCC[C@H]1CC(=O)Nc1ccc(-c2nnc(-c3ccc(NC(=O)C[C@@H]4CCCN4C(=O)[C@H](c4ccccc4)N(C)C)cc3)o2)cc1)c1ccccc1. The Labute approximate surface area is 345 Å². The van der Waals surface area contributed by atoms with Crippen molar-refractivity contribution >= 4 is 35.0 Å². The van der Waals surface area contributed by atoms with Gasteiger partial charge in [-0.1, -0.05) is 60.7 Å². The summed E-state index contributed by atoms with van der Waals surface area (Å²) < 4.78 is 6.00. The van der Waals surface area contributed by atoms with Crippen LogP contribution < -0.4 is 10.6 Å². The number of benzene rings is 4. The summed E-state index contributed by atoms with van der Waals surface area (Å²) in [6, 6.07) is 32.7. The van der Waals surface area contributed by atoms with Crippen LogP contribution in [-0.4, -0.2) is 107 Å². The number of hydrogen-bond acceptors (Lipinski definition) is 9. The maximum atomic E-state index is 13.7. The van der Waals surface area contributed by atoms with Crippen molar-refractivity contribution in [2.24, 2.45) is 0 Å². The molecule has 4 amide bonds. The van der Waals surface area contributed by atoms with E-state index in [2.05, 4.69) is 20.8 Å². The van der Waals surface area contributed by atoms with Crippen molar-refractivity contribution in [1.82, 2.24) is 29.8 Å². The van der Waals surface area contributed by atoms with Crippen LogP contribution in [0.25, 0.3) is 22.9 Å². The van der Waals surface area contributed by atoms with Crippen LogP contribution in [0.3, 0.4) is 0 Å². The number of carbonyl (C=O) groups excluding carboxylic acids is 4. The minimum absolute atomic E-state index is 0.0115. The van der Waals surface area contributed by atoms with Gasteiger partial charge in [0.1, 0.15) is 12.1 Å². The third-order valence-corrected chi connectivity index (χ3v) is 11.1. The number of likely N-dealkylation sites (N-methyl/N-ethyl adjacent to an activating group) is 2. The molecule has 2 N–H and O–H groups in total. The molecule has 7 rings (SSSR count). The fourth-order valence-corrected chi connectivity index (χ4v) is 8.28. The van der Waals surface area contributed by atoms with E-state index in [0.717, 1.165) is 36.8 Å². The van der Waals surface area contributed by atoms with Crippen molar-refractivity contribution in [2.75, 3.05) is 51.9 Å². The van der Waals surface area contributed by atoms with E-state index in [1.807, 2.05) is 108 Å². The second-order valence-corrected chi connectivity index (χ2v) is 15.8. The van der Waals surface area contributed by atoms with E-state index in [0.29, 0.717) is 47.4 Å². The van der Waals surface area contributed by atoms with Gasteiger partial charge in [0, 0.05) is 60.5 Å². The Morgan fingerprint density at radius 1 is 0.593 bits per heavy atom. The summed E-state index contributed by atoms with van der Waals surface area (Å²) in [6.45, 7) is 1.26. The zero-order chi connectivity index (χ0) is 41.5. The Bertz CT molecular complexity index is 2050. The van der Waals surface area contributed by atoms with E-state index in [1.54, 1.807) is 48.5 Å². The van der Waals surface area contributed by atoms with Gasteiger partial charge in [-0.25, -0.2) is 0 Å². The highest BCUT2D eigenvalue weighted by molar-refractivity contribution is 5.93. The lowest BCUT2D eigenvalue weighted by atomic mass is 10.0. The van der Waals surface area contributed by atoms with E-state index in [1.165, 1.54) is 0 Å². The number of carbonyl (C=O) groups is 4. The van der Waals surface area contributed by atoms with Gasteiger partial charge in [-0.05, 0) is 114 Å². The average molecular weight is 797 g/mol. The van der Waals surface area contributed by atoms with Crippen molar-refractivity contribution < 1.29 is 23.6 Å². The molecule has 0 aliphatic carbocycles. The van der Waals surface area contributed by atoms with Gasteiger partial charge < -0.3 is 24.9 Å². The van der Waals surface area contributed by atoms with Gasteiger partial charge >= 0.3 is 0 Å². The smallest absolute Gasteiger partial charge is 0.248 e. The number of hydrogen-bond donors (Lipinski definition) is 2. The summed E-state index contributed by atoms with van der Waals surface area (Å²) in [6.07, 6.45) is 3.70. The first-order valence-corrected chi connectivity index (χ1v) is 20.2. The van der Waals surface area contributed by atoms with Crippen LogP contribution in [0.4, 0.5) is 11.4 Å². The maximum absolute atomic E-state index is 13.7. The van der Waals surface area contributed by atoms with Crippen molar-refractivity contribution in [1.29, 1.82) is 0 Å². The zero-order valence-corrected chi connectivity index (χ0v) is 34.1. The first-order valence-electron chi connectivity index (χ1n) is 20.2. The van der Waals surface area contributed by atoms with Gasteiger partial charge in [0.25, 0.3) is 0 Å². The summed E-state index contributed by atoms with van der Waals surface area (Å²) in [4.78, 5) is 61.3. The van der Waals surface area contributed by atoms with Crippen molar-refractivity contribution in [3.63, 3.8) is 0 Å². The van der Waals surface area contributed by atoms with Crippen LogP contribution >= 0.6 is 0 Å². The average Bonchev–Trinajstić information content (AvgIpc) is 4.01. The maximum Gasteiger partial charge on any atom is 0.248 e. The van der Waals surface area contributed by atoms with Gasteiger partial charge in [-0.15, -0.1) is 10.2 Å². The third-order valence-electron chi connectivity index (χ3n) is 11.1. The number of rotatable bonds is 14. The topological polar surface area (TPSA) is 144 Å². The standard InChI is InChI=1S/C46H52N8O5/c1-51(2)41(31-13-7-5-8-14-31)45(57)53-27-11-17-37(53)29-39(55)47-35-23-19-33(20-24-35)43-49-50-44(59-43)34-21-25-36(26-22-34)48-40(56)30-38-18-12-28-54(38)46(58)42(52(3)4)32-15-9-6-10-16-32/h5-10,13-16,19-26,37-38,41-42H,11-12,17-18,27-30H2,1-4H3,(H,47,55)(H,48,56)/t37-,38-,41-,42-/m0/s1. The van der Waals surface area contributed by atoms with Crippen LogP contribution in [0.5, 0.6) is 0 Å². The largest absolute Gasteiger partial charge is 0.416 e. The fraction of sp³-hybridized carbons (Fsp3) is 0.348. The lowest BCUT2D eigenvalue weighted by Gasteiger charge is -2.32. The van der Waals surface area contributed by atoms with Crippen molar-refractivity contribution in [3.8, 4) is 22.9 Å². The summed E-state index contributed by atoms with van der Waals surface area (Å²) in [5.41, 5.74) is 4.49. The van der Waals surface area contributed by atoms with E-state index in [9.17, 15) is 19.2 Å². The highest BCUT2D eigenvalue weighted by Crippen LogP contribution is 2.31. The molecule has 0 saturated carbocycles. The minimum atomic E-state index is -0.411. The summed E-state index contributed by atoms with van der Waals surface area (Å²) >= 11 is 0. The van der Waals surface area contributed by atoms with E-state index >= 15 is 0 Å². The van der Waals surface area contributed by atoms with Crippen molar-refractivity contribution in [2.45, 2.75) is 62.7 Å². The summed E-state index contributed by atoms with van der Waals surface area (Å²) in [5.74, 6) is 0.355. The molecule has 4 aromatic carbocycles. The summed E-state index contributed by atoms with van der Waals surface area (Å²) in [5, 5.41) is 14.4. The third kappa shape index (κ3) is 9.76. The highest BCUT2D eigenvalue weighted by atomic mass is 16.4. The number of amides is 4. The Kier molecular flexibility index (Phi) is 12.9. The quantitative estimate of drug-likeness (QED) is 0.126. The lowest BCUT2D eigenvalue weighted by molar-refractivity contribution is -0.138. The van der Waals surface area contributed by atoms with E-state index in [-0.39, 0.29) is 48.6 Å². The van der Waals surface area contributed by atoms with Crippen LogP contribution in [0.2, 0.25) is 0 Å². The van der Waals surface area contributed by atoms with E-state index in [4.69, 9.17) is 4.42 Å². The minimum Gasteiger partial charge on any atom is -0.416 e. The molecule has 5 aromatic rings. The molecule has 3 heterocycles. The molecule has 0 radical (unpaired) electrons. The molecule has 0 unspecified atom stereocenters. The van der Waals surface area contributed by atoms with Crippen LogP contribution in [0.15, 0.2) is 114 Å². The molecule has 2 saturated heterocycles. The Hall–Kier alpha value is -6.18. The highest BCUT2D eigenvalue weighted by Gasteiger charge is 2.37. The predicted octanol–water partition coefficient (Wildman–Crippen LogP) is 6.65. The first kappa shape index (κ1) is 41.0. The number of likely N-dealkylation sites (tertiary alicyclic amines) is 2. The second kappa shape index (κ2) is 18.6. The molecule has 2 aliphatic heterocycles. The molecule has 0 spiro atoms. The second-order valence-electron chi connectivity index (χ2n) is 15.8.